The van der Waals surface area contributed by atoms with Crippen molar-refractivity contribution in [2.24, 2.45) is 5.92 Å². The number of thiophene rings is 1. The molecule has 0 aromatic carbocycles. The molecule has 0 amide bonds. The van der Waals surface area contributed by atoms with E-state index in [2.05, 4.69) is 43.6 Å². The van der Waals surface area contributed by atoms with Crippen molar-refractivity contribution in [3.8, 4) is 0 Å². The summed E-state index contributed by atoms with van der Waals surface area (Å²) in [6.45, 7) is 8.14. The summed E-state index contributed by atoms with van der Waals surface area (Å²) in [4.78, 5) is 1.49. The van der Waals surface area contributed by atoms with Crippen molar-refractivity contribution in [1.29, 1.82) is 0 Å². The summed E-state index contributed by atoms with van der Waals surface area (Å²) in [5.41, 5.74) is 0.278. The molecule has 0 spiro atoms. The minimum atomic E-state index is 0.278. The van der Waals surface area contributed by atoms with Crippen molar-refractivity contribution in [3.63, 3.8) is 0 Å². The van der Waals surface area contributed by atoms with Crippen molar-refractivity contribution in [2.45, 2.75) is 51.5 Å². The summed E-state index contributed by atoms with van der Waals surface area (Å²) in [5, 5.41) is 5.92. The van der Waals surface area contributed by atoms with Gasteiger partial charge in [-0.25, -0.2) is 0 Å². The van der Waals surface area contributed by atoms with E-state index in [0.29, 0.717) is 0 Å². The van der Waals surface area contributed by atoms with Crippen molar-refractivity contribution in [1.82, 2.24) is 5.32 Å². The highest BCUT2D eigenvalue weighted by Crippen LogP contribution is 2.29. The zero-order chi connectivity index (χ0) is 11.6. The van der Waals surface area contributed by atoms with Gasteiger partial charge in [0.15, 0.2) is 0 Å². The molecule has 2 heteroatoms. The fraction of sp³-hybridized carbons (Fsp3) is 0.714. The molecule has 2 unspecified atom stereocenters. The Hall–Kier alpha value is -0.340. The topological polar surface area (TPSA) is 12.0 Å². The summed E-state index contributed by atoms with van der Waals surface area (Å²) in [6, 6.07) is 5.16. The Balaban J connectivity index is 1.85. The number of rotatable bonds is 4. The monoisotopic (exact) mass is 237 g/mol. The van der Waals surface area contributed by atoms with Gasteiger partial charge >= 0.3 is 0 Å². The Morgan fingerprint density at radius 3 is 2.81 bits per heavy atom. The molecule has 1 aliphatic carbocycles. The third-order valence-corrected chi connectivity index (χ3v) is 4.95. The maximum atomic E-state index is 3.75. The molecular weight excluding hydrogens is 214 g/mol. The lowest BCUT2D eigenvalue weighted by Gasteiger charge is -2.26. The van der Waals surface area contributed by atoms with Crippen LogP contribution in [0.3, 0.4) is 0 Å². The first-order chi connectivity index (χ1) is 7.58. The van der Waals surface area contributed by atoms with Crippen LogP contribution in [0.25, 0.3) is 0 Å². The summed E-state index contributed by atoms with van der Waals surface area (Å²) in [6.07, 6.45) is 4.12. The van der Waals surface area contributed by atoms with Crippen LogP contribution in [0.1, 0.15) is 44.9 Å². The highest BCUT2D eigenvalue weighted by atomic mass is 32.1. The van der Waals surface area contributed by atoms with Crippen LogP contribution in [0.5, 0.6) is 0 Å². The fourth-order valence-electron chi connectivity index (χ4n) is 2.54. The van der Waals surface area contributed by atoms with Crippen molar-refractivity contribution in [2.75, 3.05) is 6.54 Å². The van der Waals surface area contributed by atoms with Crippen LogP contribution in [0, 0.1) is 5.92 Å². The summed E-state index contributed by atoms with van der Waals surface area (Å²) in [7, 11) is 0. The molecule has 0 bridgehead atoms. The van der Waals surface area contributed by atoms with Gasteiger partial charge in [0.1, 0.15) is 0 Å². The minimum absolute atomic E-state index is 0.278. The summed E-state index contributed by atoms with van der Waals surface area (Å²) >= 11 is 1.87. The maximum absolute atomic E-state index is 3.75. The van der Waals surface area contributed by atoms with Crippen LogP contribution in [0.15, 0.2) is 17.5 Å². The zero-order valence-electron chi connectivity index (χ0n) is 10.6. The van der Waals surface area contributed by atoms with Crippen LogP contribution in [-0.4, -0.2) is 12.6 Å². The number of nitrogens with one attached hydrogen (secondary N) is 1. The lowest BCUT2D eigenvalue weighted by molar-refractivity contribution is 0.418. The Labute approximate surface area is 103 Å². The lowest BCUT2D eigenvalue weighted by Crippen LogP contribution is -2.37. The average Bonchev–Trinajstić information content (AvgIpc) is 2.85. The highest BCUT2D eigenvalue weighted by Gasteiger charge is 2.26. The Bertz CT molecular complexity index is 315. The normalized spacial score (nSPS) is 26.2. The second-order valence-corrected chi connectivity index (χ2v) is 6.80. The zero-order valence-corrected chi connectivity index (χ0v) is 11.4. The first-order valence-electron chi connectivity index (χ1n) is 6.35. The third kappa shape index (κ3) is 2.86. The van der Waals surface area contributed by atoms with Gasteiger partial charge in [-0.1, -0.05) is 26.8 Å². The van der Waals surface area contributed by atoms with Gasteiger partial charge < -0.3 is 5.32 Å². The molecule has 1 fully saturated rings. The molecule has 1 aromatic rings. The van der Waals surface area contributed by atoms with Crippen LogP contribution < -0.4 is 5.32 Å². The van der Waals surface area contributed by atoms with E-state index in [-0.39, 0.29) is 5.41 Å². The van der Waals surface area contributed by atoms with E-state index in [1.807, 2.05) is 11.3 Å². The van der Waals surface area contributed by atoms with Crippen molar-refractivity contribution in [3.05, 3.63) is 22.4 Å². The van der Waals surface area contributed by atoms with Crippen molar-refractivity contribution >= 4 is 11.3 Å². The van der Waals surface area contributed by atoms with E-state index in [1.54, 1.807) is 0 Å². The predicted molar refractivity (Wildman–Crippen MR) is 72.2 cm³/mol. The minimum Gasteiger partial charge on any atom is -0.313 e. The van der Waals surface area contributed by atoms with Gasteiger partial charge in [0, 0.05) is 22.9 Å². The van der Waals surface area contributed by atoms with E-state index in [1.165, 1.54) is 24.1 Å². The Morgan fingerprint density at radius 2 is 2.25 bits per heavy atom. The molecular formula is C14H23NS. The molecule has 1 saturated carbocycles. The second-order valence-electron chi connectivity index (χ2n) is 5.86. The summed E-state index contributed by atoms with van der Waals surface area (Å²) < 4.78 is 0. The first kappa shape index (κ1) is 12.1. The Morgan fingerprint density at radius 1 is 1.44 bits per heavy atom. The molecule has 16 heavy (non-hydrogen) atoms. The molecule has 2 rings (SSSR count). The SMILES string of the molecule is CC1CCC(NCC(C)(C)c2cccs2)C1. The van der Waals surface area contributed by atoms with Crippen LogP contribution in [0.4, 0.5) is 0 Å². The number of hydrogen-bond donors (Lipinski definition) is 1. The van der Waals surface area contributed by atoms with E-state index < -0.39 is 0 Å². The molecule has 1 aromatic heterocycles. The molecule has 0 radical (unpaired) electrons. The van der Waals surface area contributed by atoms with Crippen molar-refractivity contribution < 1.29 is 0 Å². The van der Waals surface area contributed by atoms with Crippen LogP contribution in [0.2, 0.25) is 0 Å². The van der Waals surface area contributed by atoms with Crippen LogP contribution in [-0.2, 0) is 5.41 Å². The summed E-state index contributed by atoms with van der Waals surface area (Å²) in [5.74, 6) is 0.919. The number of hydrogen-bond acceptors (Lipinski definition) is 2. The molecule has 1 aliphatic rings. The van der Waals surface area contributed by atoms with E-state index in [0.717, 1.165) is 18.5 Å². The van der Waals surface area contributed by atoms with E-state index >= 15 is 0 Å². The maximum Gasteiger partial charge on any atom is 0.0115 e. The third-order valence-electron chi connectivity index (χ3n) is 3.72. The molecule has 90 valence electrons. The molecule has 1 N–H and O–H groups in total. The Kier molecular flexibility index (Phi) is 3.70. The van der Waals surface area contributed by atoms with Gasteiger partial charge in [-0.2, -0.15) is 0 Å². The molecule has 0 saturated heterocycles. The molecule has 1 nitrogen and oxygen atoms in total. The first-order valence-corrected chi connectivity index (χ1v) is 7.23. The van der Waals surface area contributed by atoms with Gasteiger partial charge in [0.25, 0.3) is 0 Å². The molecule has 0 aliphatic heterocycles. The second kappa shape index (κ2) is 4.89. The largest absolute Gasteiger partial charge is 0.313 e. The standard InChI is InChI=1S/C14H23NS/c1-11-6-7-12(9-11)15-10-14(2,3)13-5-4-8-16-13/h4-5,8,11-12,15H,6-7,9-10H2,1-3H3. The van der Waals surface area contributed by atoms with E-state index in [9.17, 15) is 0 Å². The molecule has 1 heterocycles. The van der Waals surface area contributed by atoms with E-state index in [4.69, 9.17) is 0 Å². The fourth-order valence-corrected chi connectivity index (χ4v) is 3.39. The van der Waals surface area contributed by atoms with Gasteiger partial charge in [-0.3, -0.25) is 0 Å². The molecule has 2 atom stereocenters. The van der Waals surface area contributed by atoms with Gasteiger partial charge in [0.2, 0.25) is 0 Å². The van der Waals surface area contributed by atoms with Gasteiger partial charge in [-0.05, 0) is 36.6 Å². The average molecular weight is 237 g/mol. The van der Waals surface area contributed by atoms with Crippen LogP contribution >= 0.6 is 11.3 Å². The quantitative estimate of drug-likeness (QED) is 0.840. The lowest BCUT2D eigenvalue weighted by atomic mass is 9.91. The van der Waals surface area contributed by atoms with Gasteiger partial charge in [-0.15, -0.1) is 11.3 Å². The highest BCUT2D eigenvalue weighted by molar-refractivity contribution is 7.10. The smallest absolute Gasteiger partial charge is 0.0115 e. The van der Waals surface area contributed by atoms with Gasteiger partial charge in [0.05, 0.1) is 0 Å². The predicted octanol–water partition coefficient (Wildman–Crippen LogP) is 3.80.